The number of amides is 4. The SMILES string of the molecule is C[C@@](C#N)(NC(=O)CN1C(=O)NC2(CCCCC2)C1=O)C1CC1. The lowest BCUT2D eigenvalue weighted by atomic mass is 9.82. The summed E-state index contributed by atoms with van der Waals surface area (Å²) in [5.74, 6) is -0.607. The first-order chi connectivity index (χ1) is 10.9. The van der Waals surface area contributed by atoms with Crippen LogP contribution in [0.4, 0.5) is 4.79 Å². The maximum absolute atomic E-state index is 12.6. The predicted molar refractivity (Wildman–Crippen MR) is 80.9 cm³/mol. The lowest BCUT2D eigenvalue weighted by Crippen LogP contribution is -2.52. The number of nitriles is 1. The van der Waals surface area contributed by atoms with Crippen molar-refractivity contribution in [3.8, 4) is 6.07 Å². The van der Waals surface area contributed by atoms with Gasteiger partial charge in [-0.25, -0.2) is 4.79 Å². The fraction of sp³-hybridized carbons (Fsp3) is 0.750. The number of nitrogens with one attached hydrogen (secondary N) is 2. The average Bonchev–Trinajstić information content (AvgIpc) is 3.35. The molecule has 0 aromatic carbocycles. The summed E-state index contributed by atoms with van der Waals surface area (Å²) in [5.41, 5.74) is -1.73. The van der Waals surface area contributed by atoms with Gasteiger partial charge in [0.2, 0.25) is 5.91 Å². The lowest BCUT2D eigenvalue weighted by Gasteiger charge is -2.30. The van der Waals surface area contributed by atoms with Crippen molar-refractivity contribution in [2.75, 3.05) is 6.54 Å². The van der Waals surface area contributed by atoms with Crippen LogP contribution in [0.2, 0.25) is 0 Å². The minimum Gasteiger partial charge on any atom is -0.336 e. The number of hydrogen-bond donors (Lipinski definition) is 2. The van der Waals surface area contributed by atoms with Crippen LogP contribution in [-0.4, -0.2) is 40.4 Å². The Morgan fingerprint density at radius 2 is 2.04 bits per heavy atom. The highest BCUT2D eigenvalue weighted by molar-refractivity contribution is 6.09. The van der Waals surface area contributed by atoms with Crippen LogP contribution in [0.5, 0.6) is 0 Å². The largest absolute Gasteiger partial charge is 0.336 e. The van der Waals surface area contributed by atoms with Crippen LogP contribution in [-0.2, 0) is 9.59 Å². The lowest BCUT2D eigenvalue weighted by molar-refractivity contribution is -0.136. The Kier molecular flexibility index (Phi) is 3.78. The van der Waals surface area contributed by atoms with Gasteiger partial charge in [-0.2, -0.15) is 5.26 Å². The third kappa shape index (κ3) is 2.78. The molecule has 4 amide bonds. The number of urea groups is 1. The Balaban J connectivity index is 1.65. The van der Waals surface area contributed by atoms with Gasteiger partial charge in [0, 0.05) is 0 Å². The first kappa shape index (κ1) is 15.8. The number of imide groups is 1. The summed E-state index contributed by atoms with van der Waals surface area (Å²) in [6.07, 6.45) is 5.96. The van der Waals surface area contributed by atoms with Crippen molar-refractivity contribution in [3.63, 3.8) is 0 Å². The summed E-state index contributed by atoms with van der Waals surface area (Å²) < 4.78 is 0. The van der Waals surface area contributed by atoms with Gasteiger partial charge < -0.3 is 10.6 Å². The van der Waals surface area contributed by atoms with Crippen LogP contribution in [0.25, 0.3) is 0 Å². The zero-order valence-electron chi connectivity index (χ0n) is 13.4. The van der Waals surface area contributed by atoms with Crippen LogP contribution in [0.3, 0.4) is 0 Å². The van der Waals surface area contributed by atoms with E-state index in [0.29, 0.717) is 12.8 Å². The highest BCUT2D eigenvalue weighted by Crippen LogP contribution is 2.39. The summed E-state index contributed by atoms with van der Waals surface area (Å²) in [7, 11) is 0. The molecule has 0 unspecified atom stereocenters. The molecular formula is C16H22N4O3. The second kappa shape index (κ2) is 5.52. The Bertz CT molecular complexity index is 587. The second-order valence-electron chi connectivity index (χ2n) is 7.10. The molecule has 0 radical (unpaired) electrons. The van der Waals surface area contributed by atoms with E-state index < -0.39 is 23.0 Å². The molecule has 23 heavy (non-hydrogen) atoms. The Hall–Kier alpha value is -2.10. The molecule has 3 fully saturated rings. The van der Waals surface area contributed by atoms with Gasteiger partial charge in [0.05, 0.1) is 6.07 Å². The molecule has 1 aliphatic heterocycles. The van der Waals surface area contributed by atoms with Gasteiger partial charge in [-0.3, -0.25) is 14.5 Å². The summed E-state index contributed by atoms with van der Waals surface area (Å²) in [6.45, 7) is 1.37. The van der Waals surface area contributed by atoms with Gasteiger partial charge in [-0.1, -0.05) is 19.3 Å². The maximum atomic E-state index is 12.6. The van der Waals surface area contributed by atoms with Gasteiger partial charge in [0.1, 0.15) is 17.6 Å². The van der Waals surface area contributed by atoms with Crippen molar-refractivity contribution in [2.45, 2.75) is 62.9 Å². The van der Waals surface area contributed by atoms with Crippen LogP contribution in [0.15, 0.2) is 0 Å². The van der Waals surface area contributed by atoms with Crippen LogP contribution < -0.4 is 10.6 Å². The van der Waals surface area contributed by atoms with Crippen molar-refractivity contribution in [3.05, 3.63) is 0 Å². The fourth-order valence-electron chi connectivity index (χ4n) is 3.67. The molecule has 1 saturated heterocycles. The smallest absolute Gasteiger partial charge is 0.325 e. The highest BCUT2D eigenvalue weighted by Gasteiger charge is 2.52. The van der Waals surface area contributed by atoms with Crippen LogP contribution in [0, 0.1) is 17.2 Å². The minimum absolute atomic E-state index is 0.157. The van der Waals surface area contributed by atoms with Crippen molar-refractivity contribution < 1.29 is 14.4 Å². The summed E-state index contributed by atoms with van der Waals surface area (Å²) in [5, 5.41) is 14.8. The molecule has 124 valence electrons. The fourth-order valence-corrected chi connectivity index (χ4v) is 3.67. The third-order valence-electron chi connectivity index (χ3n) is 5.28. The molecule has 7 nitrogen and oxygen atoms in total. The molecule has 1 heterocycles. The van der Waals surface area contributed by atoms with Gasteiger partial charge in [0.25, 0.3) is 5.91 Å². The second-order valence-corrected chi connectivity index (χ2v) is 7.10. The van der Waals surface area contributed by atoms with Crippen molar-refractivity contribution in [1.29, 1.82) is 5.26 Å². The van der Waals surface area contributed by atoms with Crippen LogP contribution in [0.1, 0.15) is 51.9 Å². The van der Waals surface area contributed by atoms with E-state index in [1.54, 1.807) is 6.92 Å². The molecule has 0 aromatic rings. The topological polar surface area (TPSA) is 102 Å². The molecule has 1 atom stereocenters. The van der Waals surface area contributed by atoms with E-state index in [1.807, 2.05) is 0 Å². The molecule has 0 aromatic heterocycles. The molecule has 1 spiro atoms. The van der Waals surface area contributed by atoms with Gasteiger partial charge in [0.15, 0.2) is 0 Å². The molecule has 2 aliphatic carbocycles. The molecular weight excluding hydrogens is 296 g/mol. The van der Waals surface area contributed by atoms with Gasteiger partial charge >= 0.3 is 6.03 Å². The minimum atomic E-state index is -0.918. The molecule has 7 heteroatoms. The van der Waals surface area contributed by atoms with E-state index in [4.69, 9.17) is 0 Å². The monoisotopic (exact) mass is 318 g/mol. The number of carbonyl (C=O) groups excluding carboxylic acids is 3. The van der Waals surface area contributed by atoms with E-state index >= 15 is 0 Å². The Labute approximate surface area is 135 Å². The van der Waals surface area contributed by atoms with E-state index in [-0.39, 0.29) is 18.4 Å². The van der Waals surface area contributed by atoms with Gasteiger partial charge in [-0.05, 0) is 38.5 Å². The Morgan fingerprint density at radius 1 is 1.39 bits per heavy atom. The molecule has 3 rings (SSSR count). The normalized spacial score (nSPS) is 25.7. The number of hydrogen-bond acceptors (Lipinski definition) is 4. The van der Waals surface area contributed by atoms with E-state index in [1.165, 1.54) is 0 Å². The zero-order valence-corrected chi connectivity index (χ0v) is 13.4. The standard InChI is InChI=1S/C16H22N4O3/c1-15(10-17,11-5-6-11)18-12(21)9-20-13(22)16(19-14(20)23)7-3-2-4-8-16/h11H,2-9H2,1H3,(H,18,21)(H,19,23)/t15-/m0/s1. The first-order valence-corrected chi connectivity index (χ1v) is 8.27. The van der Waals surface area contributed by atoms with E-state index in [2.05, 4.69) is 16.7 Å². The van der Waals surface area contributed by atoms with E-state index in [9.17, 15) is 19.6 Å². The maximum Gasteiger partial charge on any atom is 0.325 e. The molecule has 2 N–H and O–H groups in total. The highest BCUT2D eigenvalue weighted by atomic mass is 16.2. The molecule has 3 aliphatic rings. The molecule has 2 saturated carbocycles. The van der Waals surface area contributed by atoms with Crippen molar-refractivity contribution in [2.24, 2.45) is 5.92 Å². The summed E-state index contributed by atoms with van der Waals surface area (Å²) in [6, 6.07) is 1.64. The summed E-state index contributed by atoms with van der Waals surface area (Å²) in [4.78, 5) is 38.0. The van der Waals surface area contributed by atoms with Gasteiger partial charge in [-0.15, -0.1) is 0 Å². The van der Waals surface area contributed by atoms with Crippen molar-refractivity contribution in [1.82, 2.24) is 15.5 Å². The number of rotatable bonds is 4. The van der Waals surface area contributed by atoms with E-state index in [0.717, 1.165) is 37.0 Å². The zero-order chi connectivity index (χ0) is 16.7. The number of nitrogens with zero attached hydrogens (tertiary/aromatic N) is 2. The quantitative estimate of drug-likeness (QED) is 0.756. The van der Waals surface area contributed by atoms with Crippen molar-refractivity contribution >= 4 is 17.8 Å². The van der Waals surface area contributed by atoms with Crippen LogP contribution >= 0.6 is 0 Å². The predicted octanol–water partition coefficient (Wildman–Crippen LogP) is 1.05. The Morgan fingerprint density at radius 3 is 2.61 bits per heavy atom. The third-order valence-corrected chi connectivity index (χ3v) is 5.28. The number of carbonyl (C=O) groups is 3. The average molecular weight is 318 g/mol. The first-order valence-electron chi connectivity index (χ1n) is 8.27. The summed E-state index contributed by atoms with van der Waals surface area (Å²) >= 11 is 0. The molecule has 0 bridgehead atoms.